The zero-order valence-corrected chi connectivity index (χ0v) is 15.3. The molecule has 0 saturated carbocycles. The van der Waals surface area contributed by atoms with Gasteiger partial charge in [0.2, 0.25) is 0 Å². The molecule has 1 aliphatic heterocycles. The lowest BCUT2D eigenvalue weighted by molar-refractivity contribution is 0.0600. The number of carbonyl (C=O) groups excluding carboxylic acids is 1. The van der Waals surface area contributed by atoms with Crippen LogP contribution in [0.1, 0.15) is 20.8 Å². The number of piperazine rings is 1. The van der Waals surface area contributed by atoms with E-state index >= 15 is 0 Å². The van der Waals surface area contributed by atoms with E-state index in [2.05, 4.69) is 15.9 Å². The van der Waals surface area contributed by atoms with Crippen molar-refractivity contribution in [3.05, 3.63) is 56.7 Å². The smallest absolute Gasteiger partial charge is 0.337 e. The molecule has 0 bridgehead atoms. The average molecular weight is 365 g/mol. The summed E-state index contributed by atoms with van der Waals surface area (Å²) >= 11 is 7.66. The molecule has 1 aromatic heterocycles. The highest BCUT2D eigenvalue weighted by Gasteiger charge is 2.17. The van der Waals surface area contributed by atoms with Crippen molar-refractivity contribution in [3.63, 3.8) is 0 Å². The zero-order chi connectivity index (χ0) is 16.9. The number of hydrogen-bond donors (Lipinski definition) is 0. The van der Waals surface area contributed by atoms with Gasteiger partial charge in [-0.25, -0.2) is 4.79 Å². The van der Waals surface area contributed by atoms with Gasteiger partial charge < -0.3 is 4.74 Å². The Morgan fingerprint density at radius 2 is 1.67 bits per heavy atom. The summed E-state index contributed by atoms with van der Waals surface area (Å²) in [5.74, 6) is -0.288. The standard InChI is InChI=1S/C18H21ClN2O2S/c1-23-18(22)15-4-2-14(3-5-15)12-20-8-10-21(11-9-20)13-16-6-7-17(19)24-16/h2-7H,8-13H2,1H3. The molecule has 1 saturated heterocycles. The fourth-order valence-electron chi connectivity index (χ4n) is 2.88. The van der Waals surface area contributed by atoms with Crippen molar-refractivity contribution in [3.8, 4) is 0 Å². The molecule has 1 aromatic carbocycles. The van der Waals surface area contributed by atoms with Crippen molar-refractivity contribution in [2.75, 3.05) is 33.3 Å². The van der Waals surface area contributed by atoms with Crippen LogP contribution in [0.5, 0.6) is 0 Å². The zero-order valence-electron chi connectivity index (χ0n) is 13.7. The normalized spacial score (nSPS) is 16.2. The van der Waals surface area contributed by atoms with Crippen molar-refractivity contribution in [2.24, 2.45) is 0 Å². The molecule has 6 heteroatoms. The van der Waals surface area contributed by atoms with Crippen LogP contribution in [0.25, 0.3) is 0 Å². The van der Waals surface area contributed by atoms with Gasteiger partial charge in [-0.05, 0) is 29.8 Å². The summed E-state index contributed by atoms with van der Waals surface area (Å²) in [6.45, 7) is 6.14. The number of carbonyl (C=O) groups is 1. The highest BCUT2D eigenvalue weighted by molar-refractivity contribution is 7.16. The van der Waals surface area contributed by atoms with E-state index in [-0.39, 0.29) is 5.97 Å². The van der Waals surface area contributed by atoms with Crippen LogP contribution in [0.2, 0.25) is 4.34 Å². The quantitative estimate of drug-likeness (QED) is 0.760. The first kappa shape index (κ1) is 17.4. The van der Waals surface area contributed by atoms with Crippen molar-refractivity contribution in [1.29, 1.82) is 0 Å². The van der Waals surface area contributed by atoms with Crippen LogP contribution in [0.3, 0.4) is 0 Å². The summed E-state index contributed by atoms with van der Waals surface area (Å²) in [5.41, 5.74) is 1.82. The third-order valence-electron chi connectivity index (χ3n) is 4.25. The minimum Gasteiger partial charge on any atom is -0.465 e. The van der Waals surface area contributed by atoms with Crippen molar-refractivity contribution in [1.82, 2.24) is 9.80 Å². The van der Waals surface area contributed by atoms with Crippen LogP contribution in [0.15, 0.2) is 36.4 Å². The second-order valence-corrected chi connectivity index (χ2v) is 7.75. The van der Waals surface area contributed by atoms with E-state index in [0.29, 0.717) is 5.56 Å². The van der Waals surface area contributed by atoms with Gasteiger partial charge in [0.1, 0.15) is 0 Å². The Bertz CT molecular complexity index is 679. The molecule has 24 heavy (non-hydrogen) atoms. The molecule has 2 heterocycles. The number of halogens is 1. The fourth-order valence-corrected chi connectivity index (χ4v) is 4.01. The number of esters is 1. The molecule has 0 atom stereocenters. The fraction of sp³-hybridized carbons (Fsp3) is 0.389. The van der Waals surface area contributed by atoms with Crippen LogP contribution in [-0.2, 0) is 17.8 Å². The van der Waals surface area contributed by atoms with Crippen LogP contribution in [-0.4, -0.2) is 49.1 Å². The molecule has 128 valence electrons. The minimum atomic E-state index is -0.288. The van der Waals surface area contributed by atoms with Crippen LogP contribution in [0.4, 0.5) is 0 Å². The van der Waals surface area contributed by atoms with E-state index < -0.39 is 0 Å². The van der Waals surface area contributed by atoms with Gasteiger partial charge in [0.15, 0.2) is 0 Å². The number of nitrogens with zero attached hydrogens (tertiary/aromatic N) is 2. The van der Waals surface area contributed by atoms with Gasteiger partial charge in [0, 0.05) is 44.1 Å². The summed E-state index contributed by atoms with van der Waals surface area (Å²) in [7, 11) is 1.40. The van der Waals surface area contributed by atoms with E-state index in [1.807, 2.05) is 30.3 Å². The molecule has 1 aliphatic rings. The first-order chi connectivity index (χ1) is 11.6. The third-order valence-corrected chi connectivity index (χ3v) is 5.47. The Balaban J connectivity index is 1.47. The maximum Gasteiger partial charge on any atom is 0.337 e. The molecule has 0 amide bonds. The number of thiophene rings is 1. The first-order valence-corrected chi connectivity index (χ1v) is 9.19. The van der Waals surface area contributed by atoms with Gasteiger partial charge in [-0.3, -0.25) is 9.80 Å². The Morgan fingerprint density at radius 1 is 1.04 bits per heavy atom. The highest BCUT2D eigenvalue weighted by Crippen LogP contribution is 2.23. The predicted octanol–water partition coefficient (Wildman–Crippen LogP) is 3.51. The summed E-state index contributed by atoms with van der Waals surface area (Å²) in [6.07, 6.45) is 0. The van der Waals surface area contributed by atoms with Gasteiger partial charge in [0.05, 0.1) is 17.0 Å². The molecule has 0 aliphatic carbocycles. The molecule has 0 N–H and O–H groups in total. The predicted molar refractivity (Wildman–Crippen MR) is 97.7 cm³/mol. The van der Waals surface area contributed by atoms with Gasteiger partial charge in [-0.2, -0.15) is 0 Å². The summed E-state index contributed by atoms with van der Waals surface area (Å²) < 4.78 is 5.59. The molecule has 0 spiro atoms. The van der Waals surface area contributed by atoms with E-state index in [9.17, 15) is 4.79 Å². The Kier molecular flexibility index (Phi) is 5.89. The maximum atomic E-state index is 11.5. The first-order valence-electron chi connectivity index (χ1n) is 8.00. The van der Waals surface area contributed by atoms with Crippen LogP contribution >= 0.6 is 22.9 Å². The average Bonchev–Trinajstić information content (AvgIpc) is 3.01. The van der Waals surface area contributed by atoms with E-state index in [1.54, 1.807) is 11.3 Å². The number of methoxy groups -OCH3 is 1. The number of hydrogen-bond acceptors (Lipinski definition) is 5. The molecule has 1 fully saturated rings. The van der Waals surface area contributed by atoms with Gasteiger partial charge in [-0.1, -0.05) is 23.7 Å². The van der Waals surface area contributed by atoms with E-state index in [4.69, 9.17) is 16.3 Å². The van der Waals surface area contributed by atoms with Gasteiger partial charge in [0.25, 0.3) is 0 Å². The lowest BCUT2D eigenvalue weighted by Crippen LogP contribution is -2.45. The lowest BCUT2D eigenvalue weighted by atomic mass is 10.1. The number of ether oxygens (including phenoxy) is 1. The second kappa shape index (κ2) is 8.12. The number of rotatable bonds is 5. The largest absolute Gasteiger partial charge is 0.465 e. The summed E-state index contributed by atoms with van der Waals surface area (Å²) in [6, 6.07) is 11.8. The van der Waals surface area contributed by atoms with E-state index in [1.165, 1.54) is 17.6 Å². The van der Waals surface area contributed by atoms with E-state index in [0.717, 1.165) is 43.6 Å². The van der Waals surface area contributed by atoms with Crippen LogP contribution < -0.4 is 0 Å². The molecular formula is C18H21ClN2O2S. The van der Waals surface area contributed by atoms with Crippen LogP contribution in [0, 0.1) is 0 Å². The monoisotopic (exact) mass is 364 g/mol. The molecule has 0 unspecified atom stereocenters. The topological polar surface area (TPSA) is 32.8 Å². The molecule has 3 rings (SSSR count). The summed E-state index contributed by atoms with van der Waals surface area (Å²) in [4.78, 5) is 17.7. The third kappa shape index (κ3) is 4.57. The molecule has 2 aromatic rings. The van der Waals surface area contributed by atoms with Gasteiger partial charge >= 0.3 is 5.97 Å². The number of benzene rings is 1. The van der Waals surface area contributed by atoms with Crippen molar-refractivity contribution in [2.45, 2.75) is 13.1 Å². The Labute approximate surface area is 151 Å². The minimum absolute atomic E-state index is 0.288. The Morgan fingerprint density at radius 3 is 2.21 bits per heavy atom. The van der Waals surface area contributed by atoms with Crippen molar-refractivity contribution < 1.29 is 9.53 Å². The molecular weight excluding hydrogens is 344 g/mol. The maximum absolute atomic E-state index is 11.5. The van der Waals surface area contributed by atoms with Crippen molar-refractivity contribution >= 4 is 28.9 Å². The SMILES string of the molecule is COC(=O)c1ccc(CN2CCN(Cc3ccc(Cl)s3)CC2)cc1. The molecule has 4 nitrogen and oxygen atoms in total. The highest BCUT2D eigenvalue weighted by atomic mass is 35.5. The second-order valence-electron chi connectivity index (χ2n) is 5.95. The van der Waals surface area contributed by atoms with Gasteiger partial charge in [-0.15, -0.1) is 11.3 Å². The lowest BCUT2D eigenvalue weighted by Gasteiger charge is -2.34. The Hall–Kier alpha value is -1.40. The summed E-state index contributed by atoms with van der Waals surface area (Å²) in [5, 5.41) is 0. The molecule has 0 radical (unpaired) electrons.